The zero-order chi connectivity index (χ0) is 18.0. The highest BCUT2D eigenvalue weighted by atomic mass is 32.2. The summed E-state index contributed by atoms with van der Waals surface area (Å²) in [6, 6.07) is 14.1. The maximum Gasteiger partial charge on any atom is 0.239 e. The third kappa shape index (κ3) is 4.00. The van der Waals surface area contributed by atoms with Gasteiger partial charge in [-0.15, -0.1) is 0 Å². The first-order chi connectivity index (χ1) is 11.8. The number of rotatable bonds is 5. The van der Waals surface area contributed by atoms with Crippen molar-refractivity contribution in [2.24, 2.45) is 5.14 Å². The van der Waals surface area contributed by atoms with Gasteiger partial charge in [0.25, 0.3) is 0 Å². The fraction of sp³-hybridized carbons (Fsp3) is 0.278. The van der Waals surface area contributed by atoms with E-state index in [1.54, 1.807) is 12.1 Å². The molecule has 0 unspecified atom stereocenters. The van der Waals surface area contributed by atoms with Crippen LogP contribution in [0.25, 0.3) is 0 Å². The molecule has 1 aliphatic heterocycles. The Bertz CT molecular complexity index is 879. The smallest absolute Gasteiger partial charge is 0.239 e. The van der Waals surface area contributed by atoms with Crippen molar-refractivity contribution in [2.45, 2.75) is 24.3 Å². The van der Waals surface area contributed by atoms with E-state index in [0.717, 1.165) is 24.2 Å². The van der Waals surface area contributed by atoms with Gasteiger partial charge in [0, 0.05) is 12.2 Å². The lowest BCUT2D eigenvalue weighted by Gasteiger charge is -2.21. The molecule has 0 aliphatic carbocycles. The van der Waals surface area contributed by atoms with Crippen LogP contribution in [0.5, 0.6) is 0 Å². The lowest BCUT2D eigenvalue weighted by molar-refractivity contribution is -0.120. The summed E-state index contributed by atoms with van der Waals surface area (Å²) in [5, 5.41) is 8.04. The summed E-state index contributed by atoms with van der Waals surface area (Å²) in [7, 11) is -3.71. The molecule has 1 amide bonds. The molecule has 132 valence electrons. The highest BCUT2D eigenvalue weighted by molar-refractivity contribution is 7.89. The van der Waals surface area contributed by atoms with Gasteiger partial charge < -0.3 is 10.2 Å². The van der Waals surface area contributed by atoms with Gasteiger partial charge in [-0.1, -0.05) is 30.3 Å². The lowest BCUT2D eigenvalue weighted by Crippen LogP contribution is -2.37. The number of nitrogens with one attached hydrogen (secondary N) is 1. The van der Waals surface area contributed by atoms with Crippen LogP contribution in [0.1, 0.15) is 24.1 Å². The van der Waals surface area contributed by atoms with Crippen LogP contribution >= 0.6 is 0 Å². The van der Waals surface area contributed by atoms with Crippen molar-refractivity contribution < 1.29 is 13.2 Å². The lowest BCUT2D eigenvalue weighted by atomic mass is 10.1. The van der Waals surface area contributed by atoms with Crippen molar-refractivity contribution >= 4 is 21.6 Å². The summed E-state index contributed by atoms with van der Waals surface area (Å²) in [4.78, 5) is 14.5. The molecule has 0 saturated carbocycles. The van der Waals surface area contributed by atoms with Crippen molar-refractivity contribution in [2.75, 3.05) is 18.0 Å². The molecule has 25 heavy (non-hydrogen) atoms. The largest absolute Gasteiger partial charge is 0.362 e. The van der Waals surface area contributed by atoms with Crippen molar-refractivity contribution in [3.63, 3.8) is 0 Å². The van der Waals surface area contributed by atoms with E-state index in [2.05, 4.69) is 16.3 Å². The minimum atomic E-state index is -3.71. The normalized spacial score (nSPS) is 14.9. The maximum absolute atomic E-state index is 12.4. The van der Waals surface area contributed by atoms with Crippen LogP contribution in [0.4, 0.5) is 5.69 Å². The number of hydrogen-bond donors (Lipinski definition) is 2. The number of para-hydroxylation sites is 1. The Hall–Kier alpha value is -2.38. The van der Waals surface area contributed by atoms with E-state index in [1.165, 1.54) is 17.7 Å². The van der Waals surface area contributed by atoms with E-state index in [1.807, 2.05) is 25.1 Å². The molecular formula is C18H21N3O3S. The molecule has 3 N–H and O–H groups in total. The summed E-state index contributed by atoms with van der Waals surface area (Å²) in [5.74, 6) is -0.0697. The SMILES string of the molecule is C[C@@H](NC(=O)CN1CCc2ccccc21)c1ccc(S(N)(=O)=O)cc1. The molecule has 2 aromatic carbocycles. The predicted molar refractivity (Wildman–Crippen MR) is 96.7 cm³/mol. The summed E-state index contributed by atoms with van der Waals surface area (Å²) in [6.07, 6.45) is 0.952. The van der Waals surface area contributed by atoms with Gasteiger partial charge in [0.1, 0.15) is 0 Å². The van der Waals surface area contributed by atoms with Gasteiger partial charge in [-0.05, 0) is 42.7 Å². The molecule has 0 spiro atoms. The van der Waals surface area contributed by atoms with E-state index in [4.69, 9.17) is 5.14 Å². The number of nitrogens with zero attached hydrogens (tertiary/aromatic N) is 1. The first kappa shape index (κ1) is 17.4. The standard InChI is InChI=1S/C18H21N3O3S/c1-13(14-6-8-16(9-7-14)25(19,23)24)20-18(22)12-21-11-10-15-4-2-3-5-17(15)21/h2-9,13H,10-12H2,1H3,(H,20,22)(H2,19,23,24)/t13-/m1/s1. The Morgan fingerprint density at radius 3 is 2.56 bits per heavy atom. The van der Waals surface area contributed by atoms with Crippen LogP contribution in [0.2, 0.25) is 0 Å². The Morgan fingerprint density at radius 2 is 1.88 bits per heavy atom. The van der Waals surface area contributed by atoms with Crippen LogP contribution in [0, 0.1) is 0 Å². The number of anilines is 1. The number of nitrogens with two attached hydrogens (primary N) is 1. The van der Waals surface area contributed by atoms with E-state index in [9.17, 15) is 13.2 Å². The van der Waals surface area contributed by atoms with Crippen molar-refractivity contribution in [3.05, 3.63) is 59.7 Å². The molecule has 7 heteroatoms. The molecule has 1 aliphatic rings. The molecular weight excluding hydrogens is 338 g/mol. The molecule has 0 bridgehead atoms. The zero-order valence-electron chi connectivity index (χ0n) is 14.0. The Balaban J connectivity index is 1.61. The van der Waals surface area contributed by atoms with Crippen molar-refractivity contribution in [1.29, 1.82) is 0 Å². The second-order valence-corrected chi connectivity index (χ2v) is 7.76. The van der Waals surface area contributed by atoms with Crippen LogP contribution in [0.15, 0.2) is 53.4 Å². The van der Waals surface area contributed by atoms with Crippen molar-refractivity contribution in [3.8, 4) is 0 Å². The Labute approximate surface area is 147 Å². The minimum absolute atomic E-state index is 0.0588. The number of amides is 1. The molecule has 1 heterocycles. The molecule has 0 saturated heterocycles. The Kier molecular flexibility index (Phi) is 4.78. The summed E-state index contributed by atoms with van der Waals surface area (Å²) in [5.41, 5.74) is 3.20. The minimum Gasteiger partial charge on any atom is -0.362 e. The molecule has 0 fully saturated rings. The van der Waals surface area contributed by atoms with Gasteiger partial charge in [0.15, 0.2) is 0 Å². The van der Waals surface area contributed by atoms with E-state index >= 15 is 0 Å². The summed E-state index contributed by atoms with van der Waals surface area (Å²) >= 11 is 0. The molecule has 3 rings (SSSR count). The quantitative estimate of drug-likeness (QED) is 0.848. The molecule has 2 aromatic rings. The summed E-state index contributed by atoms with van der Waals surface area (Å²) < 4.78 is 22.6. The zero-order valence-corrected chi connectivity index (χ0v) is 14.8. The number of sulfonamides is 1. The van der Waals surface area contributed by atoms with Gasteiger partial charge in [-0.25, -0.2) is 13.6 Å². The van der Waals surface area contributed by atoms with Gasteiger partial charge in [-0.2, -0.15) is 0 Å². The molecule has 0 aromatic heterocycles. The highest BCUT2D eigenvalue weighted by Gasteiger charge is 2.21. The molecule has 1 atom stereocenters. The Morgan fingerprint density at radius 1 is 1.20 bits per heavy atom. The summed E-state index contributed by atoms with van der Waals surface area (Å²) in [6.45, 7) is 3.00. The van der Waals surface area contributed by atoms with Gasteiger partial charge in [0.05, 0.1) is 17.5 Å². The second-order valence-electron chi connectivity index (χ2n) is 6.20. The topological polar surface area (TPSA) is 92.5 Å². The average Bonchev–Trinajstić information content (AvgIpc) is 2.97. The fourth-order valence-electron chi connectivity index (χ4n) is 3.06. The van der Waals surface area contributed by atoms with Crippen LogP contribution in [0.3, 0.4) is 0 Å². The number of primary sulfonamides is 1. The predicted octanol–water partition coefficient (Wildman–Crippen LogP) is 1.57. The average molecular weight is 359 g/mol. The van der Waals surface area contributed by atoms with Gasteiger partial charge >= 0.3 is 0 Å². The van der Waals surface area contributed by atoms with E-state index < -0.39 is 10.0 Å². The van der Waals surface area contributed by atoms with E-state index in [-0.39, 0.29) is 16.8 Å². The monoisotopic (exact) mass is 359 g/mol. The highest BCUT2D eigenvalue weighted by Crippen LogP contribution is 2.27. The van der Waals surface area contributed by atoms with Gasteiger partial charge in [-0.3, -0.25) is 4.79 Å². The number of carbonyl (C=O) groups is 1. The van der Waals surface area contributed by atoms with Crippen molar-refractivity contribution in [1.82, 2.24) is 5.32 Å². The molecule has 6 nitrogen and oxygen atoms in total. The fourth-order valence-corrected chi connectivity index (χ4v) is 3.58. The first-order valence-corrected chi connectivity index (χ1v) is 9.64. The molecule has 0 radical (unpaired) electrons. The number of benzene rings is 2. The number of fused-ring (bicyclic) bond motifs is 1. The first-order valence-electron chi connectivity index (χ1n) is 8.09. The van der Waals surface area contributed by atoms with Gasteiger partial charge in [0.2, 0.25) is 15.9 Å². The number of carbonyl (C=O) groups excluding carboxylic acids is 1. The van der Waals surface area contributed by atoms with Crippen LogP contribution < -0.4 is 15.4 Å². The van der Waals surface area contributed by atoms with Crippen LogP contribution in [-0.2, 0) is 21.2 Å². The maximum atomic E-state index is 12.4. The van der Waals surface area contributed by atoms with Crippen LogP contribution in [-0.4, -0.2) is 27.4 Å². The van der Waals surface area contributed by atoms with E-state index in [0.29, 0.717) is 6.54 Å². The number of hydrogen-bond acceptors (Lipinski definition) is 4. The third-order valence-corrected chi connectivity index (χ3v) is 5.33. The third-order valence-electron chi connectivity index (χ3n) is 4.40. The second kappa shape index (κ2) is 6.85.